The van der Waals surface area contributed by atoms with Gasteiger partial charge in [0.1, 0.15) is 0 Å². The summed E-state index contributed by atoms with van der Waals surface area (Å²) >= 11 is -0.513. The molecule has 0 atom stereocenters. The van der Waals surface area contributed by atoms with Crippen LogP contribution in [0.4, 0.5) is 0 Å². The zero-order valence-electron chi connectivity index (χ0n) is 13.2. The summed E-state index contributed by atoms with van der Waals surface area (Å²) in [5, 5.41) is 0. The Balaban J connectivity index is 0.000000250. The van der Waals surface area contributed by atoms with Crippen LogP contribution < -0.4 is 0 Å². The van der Waals surface area contributed by atoms with Gasteiger partial charge in [0, 0.05) is 12.4 Å². The normalized spacial score (nSPS) is 17.7. The first-order chi connectivity index (χ1) is 8.80. The molecule has 1 aromatic rings. The van der Waals surface area contributed by atoms with E-state index in [2.05, 4.69) is 51.2 Å². The van der Waals surface area contributed by atoms with Gasteiger partial charge in [-0.25, -0.2) is 0 Å². The molecule has 0 saturated heterocycles. The maximum absolute atomic E-state index is 3.78. The molecule has 105 valence electrons. The van der Waals surface area contributed by atoms with E-state index in [0.717, 1.165) is 0 Å². The van der Waals surface area contributed by atoms with Gasteiger partial charge in [0.25, 0.3) is 0 Å². The Kier molecular flexibility index (Phi) is 5.59. The molecular formula is C17H26CrN. The van der Waals surface area contributed by atoms with Crippen molar-refractivity contribution in [2.45, 2.75) is 46.2 Å². The van der Waals surface area contributed by atoms with Crippen LogP contribution in [0.25, 0.3) is 0 Å². The van der Waals surface area contributed by atoms with Gasteiger partial charge in [-0.05, 0) is 12.1 Å². The summed E-state index contributed by atoms with van der Waals surface area (Å²) in [5.41, 5.74) is 5.05. The van der Waals surface area contributed by atoms with Crippen molar-refractivity contribution < 1.29 is 14.1 Å². The van der Waals surface area contributed by atoms with Gasteiger partial charge in [0.05, 0.1) is 0 Å². The van der Waals surface area contributed by atoms with Crippen molar-refractivity contribution in [2.75, 3.05) is 0 Å². The molecule has 0 saturated carbocycles. The second-order valence-corrected chi connectivity index (χ2v) is 8.86. The summed E-state index contributed by atoms with van der Waals surface area (Å²) < 4.78 is 1.75. The molecule has 2 rings (SSSR count). The Labute approximate surface area is 122 Å². The summed E-state index contributed by atoms with van der Waals surface area (Å²) in [5.74, 6) is 4.85. The monoisotopic (exact) mass is 296 g/mol. The van der Waals surface area contributed by atoms with Gasteiger partial charge in [-0.2, -0.15) is 0 Å². The third kappa shape index (κ3) is 3.59. The van der Waals surface area contributed by atoms with Crippen molar-refractivity contribution in [2.24, 2.45) is 5.41 Å². The number of nitrogens with zero attached hydrogens (tertiary/aromatic N) is 1. The van der Waals surface area contributed by atoms with E-state index in [1.54, 1.807) is 28.0 Å². The second-order valence-electron chi connectivity index (χ2n) is 5.67. The Morgan fingerprint density at radius 1 is 0.895 bits per heavy atom. The van der Waals surface area contributed by atoms with Gasteiger partial charge in [-0.1, -0.05) is 6.07 Å². The predicted molar refractivity (Wildman–Crippen MR) is 80.8 cm³/mol. The average Bonchev–Trinajstić information content (AvgIpc) is 2.53. The molecule has 19 heavy (non-hydrogen) atoms. The van der Waals surface area contributed by atoms with Crippen LogP contribution >= 0.6 is 0 Å². The SMILES string of the molecule is CC1=C(C)C(C)(C)[C]([Cr]([CH3])[CH3])=C1C.c1ccncc1. The standard InChI is InChI=1S/C10H15.C5H5N.2CH3.Cr/c1-7-6-10(4,5)9(3)8(7)2;1-2-4-6-5-3-1;;;/h1-5H3;1-5H;2*1H3;. The largest absolute Gasteiger partial charge is 0.265 e. The molecule has 0 fully saturated rings. The van der Waals surface area contributed by atoms with Crippen molar-refractivity contribution >= 4 is 0 Å². The van der Waals surface area contributed by atoms with Gasteiger partial charge < -0.3 is 0 Å². The second kappa shape index (κ2) is 6.55. The molecular weight excluding hydrogens is 270 g/mol. The van der Waals surface area contributed by atoms with Crippen molar-refractivity contribution in [1.29, 1.82) is 0 Å². The minimum Gasteiger partial charge on any atom is -0.265 e. The first-order valence-corrected chi connectivity index (χ1v) is 9.81. The topological polar surface area (TPSA) is 12.9 Å². The van der Waals surface area contributed by atoms with Crippen LogP contribution in [-0.4, -0.2) is 4.98 Å². The molecule has 0 bridgehead atoms. The van der Waals surface area contributed by atoms with Crippen LogP contribution in [0.2, 0.25) is 11.6 Å². The molecule has 1 heterocycles. The molecule has 0 aliphatic heterocycles. The third-order valence-corrected chi connectivity index (χ3v) is 6.50. The quantitative estimate of drug-likeness (QED) is 0.673. The number of rotatable bonds is 1. The van der Waals surface area contributed by atoms with Crippen LogP contribution in [0, 0.1) is 5.41 Å². The van der Waals surface area contributed by atoms with Crippen molar-refractivity contribution in [1.82, 2.24) is 4.98 Å². The maximum atomic E-state index is 3.78. The number of pyridine rings is 1. The minimum absolute atomic E-state index is 0.350. The van der Waals surface area contributed by atoms with Crippen LogP contribution in [0.5, 0.6) is 0 Å². The van der Waals surface area contributed by atoms with Crippen LogP contribution in [0.3, 0.4) is 0 Å². The van der Waals surface area contributed by atoms with Gasteiger partial charge in [-0.3, -0.25) is 4.98 Å². The number of hydrogen-bond donors (Lipinski definition) is 0. The van der Waals surface area contributed by atoms with E-state index < -0.39 is 14.1 Å². The molecule has 0 unspecified atom stereocenters. The number of aromatic nitrogens is 1. The summed E-state index contributed by atoms with van der Waals surface area (Å²) in [4.78, 5) is 3.78. The molecule has 0 spiro atoms. The first kappa shape index (κ1) is 16.2. The molecule has 1 nitrogen and oxygen atoms in total. The van der Waals surface area contributed by atoms with E-state index in [0.29, 0.717) is 5.41 Å². The van der Waals surface area contributed by atoms with E-state index in [-0.39, 0.29) is 0 Å². The maximum Gasteiger partial charge on any atom is 0.0267 e. The van der Waals surface area contributed by atoms with Gasteiger partial charge >= 0.3 is 86.9 Å². The molecule has 0 aromatic carbocycles. The van der Waals surface area contributed by atoms with Crippen molar-refractivity contribution in [3.05, 3.63) is 51.7 Å². The summed E-state index contributed by atoms with van der Waals surface area (Å²) in [6.45, 7) is 11.6. The Bertz CT molecular complexity index is 455. The molecule has 0 amide bonds. The van der Waals surface area contributed by atoms with Crippen LogP contribution in [0.1, 0.15) is 34.6 Å². The number of hydrogen-bond acceptors (Lipinski definition) is 1. The van der Waals surface area contributed by atoms with Gasteiger partial charge in [-0.15, -0.1) is 0 Å². The minimum atomic E-state index is -0.513. The number of allylic oxidation sites excluding steroid dienone is 4. The Hall–Kier alpha value is -0.838. The fourth-order valence-corrected chi connectivity index (χ4v) is 5.72. The molecule has 0 N–H and O–H groups in total. The molecule has 1 aromatic heterocycles. The average molecular weight is 296 g/mol. The third-order valence-electron chi connectivity index (χ3n) is 3.95. The fourth-order valence-electron chi connectivity index (χ4n) is 2.69. The van der Waals surface area contributed by atoms with Crippen LogP contribution in [-0.2, 0) is 14.1 Å². The zero-order chi connectivity index (χ0) is 14.6. The van der Waals surface area contributed by atoms with Crippen molar-refractivity contribution in [3.63, 3.8) is 0 Å². The van der Waals surface area contributed by atoms with Crippen molar-refractivity contribution in [3.8, 4) is 0 Å². The fraction of sp³-hybridized carbons (Fsp3) is 0.471. The summed E-state index contributed by atoms with van der Waals surface area (Å²) in [6.07, 6.45) is 3.50. The summed E-state index contributed by atoms with van der Waals surface area (Å²) in [7, 11) is 0. The first-order valence-electron chi connectivity index (χ1n) is 6.62. The van der Waals surface area contributed by atoms with E-state index in [9.17, 15) is 0 Å². The van der Waals surface area contributed by atoms with E-state index in [1.807, 2.05) is 18.2 Å². The van der Waals surface area contributed by atoms with E-state index >= 15 is 0 Å². The summed E-state index contributed by atoms with van der Waals surface area (Å²) in [6, 6.07) is 5.72. The van der Waals surface area contributed by atoms with Gasteiger partial charge in [0.2, 0.25) is 0 Å². The Morgan fingerprint density at radius 2 is 1.42 bits per heavy atom. The zero-order valence-corrected chi connectivity index (χ0v) is 14.5. The molecule has 2 heteroatoms. The van der Waals surface area contributed by atoms with E-state index in [4.69, 9.17) is 0 Å². The smallest absolute Gasteiger partial charge is 0.0267 e. The van der Waals surface area contributed by atoms with E-state index in [1.165, 1.54) is 5.57 Å². The molecule has 0 radical (unpaired) electrons. The van der Waals surface area contributed by atoms with Gasteiger partial charge in [0.15, 0.2) is 0 Å². The Morgan fingerprint density at radius 3 is 1.58 bits per heavy atom. The molecule has 1 aliphatic carbocycles. The van der Waals surface area contributed by atoms with Crippen LogP contribution in [0.15, 0.2) is 51.7 Å². The molecule has 1 aliphatic rings. The predicted octanol–water partition coefficient (Wildman–Crippen LogP) is 5.43.